The highest BCUT2D eigenvalue weighted by atomic mass is 15.3. The SMILES string of the molecule is Cc1cc2nccc(-c3ccc4c(c3)c3ccccc3n4C(C)C)n2n1. The molecule has 2 aromatic carbocycles. The Balaban J connectivity index is 1.84. The monoisotopic (exact) mass is 340 g/mol. The lowest BCUT2D eigenvalue weighted by Gasteiger charge is -2.11. The Morgan fingerprint density at radius 1 is 0.885 bits per heavy atom. The van der Waals surface area contributed by atoms with Crippen LogP contribution in [0.15, 0.2) is 60.8 Å². The van der Waals surface area contributed by atoms with E-state index in [-0.39, 0.29) is 0 Å². The van der Waals surface area contributed by atoms with Gasteiger partial charge in [0.1, 0.15) is 0 Å². The largest absolute Gasteiger partial charge is 0.338 e. The molecular weight excluding hydrogens is 320 g/mol. The summed E-state index contributed by atoms with van der Waals surface area (Å²) in [5.41, 5.74) is 6.62. The van der Waals surface area contributed by atoms with Crippen molar-refractivity contribution in [2.75, 3.05) is 0 Å². The van der Waals surface area contributed by atoms with Crippen LogP contribution in [-0.4, -0.2) is 19.2 Å². The van der Waals surface area contributed by atoms with Crippen LogP contribution in [0.1, 0.15) is 25.6 Å². The molecule has 4 heteroatoms. The summed E-state index contributed by atoms with van der Waals surface area (Å²) in [6, 6.07) is 19.8. The first-order valence-corrected chi connectivity index (χ1v) is 8.98. The fourth-order valence-electron chi connectivity index (χ4n) is 3.95. The summed E-state index contributed by atoms with van der Waals surface area (Å²) in [7, 11) is 0. The summed E-state index contributed by atoms with van der Waals surface area (Å²) in [5, 5.41) is 7.18. The molecule has 0 spiro atoms. The number of nitrogens with zero attached hydrogens (tertiary/aromatic N) is 4. The van der Waals surface area contributed by atoms with Crippen molar-refractivity contribution in [2.45, 2.75) is 26.8 Å². The minimum atomic E-state index is 0.407. The van der Waals surface area contributed by atoms with Gasteiger partial charge in [0.25, 0.3) is 0 Å². The second kappa shape index (κ2) is 5.43. The number of para-hydroxylation sites is 1. The number of hydrogen-bond acceptors (Lipinski definition) is 2. The summed E-state index contributed by atoms with van der Waals surface area (Å²) < 4.78 is 4.34. The van der Waals surface area contributed by atoms with Gasteiger partial charge in [-0.1, -0.05) is 24.3 Å². The lowest BCUT2D eigenvalue weighted by Crippen LogP contribution is -1.99. The van der Waals surface area contributed by atoms with Gasteiger partial charge in [-0.25, -0.2) is 9.50 Å². The molecule has 26 heavy (non-hydrogen) atoms. The Labute approximate surface area is 151 Å². The van der Waals surface area contributed by atoms with Gasteiger partial charge in [0, 0.05) is 45.7 Å². The van der Waals surface area contributed by atoms with E-state index in [4.69, 9.17) is 0 Å². The van der Waals surface area contributed by atoms with E-state index in [1.54, 1.807) is 0 Å². The third-order valence-corrected chi connectivity index (χ3v) is 5.00. The number of rotatable bonds is 2. The minimum Gasteiger partial charge on any atom is -0.338 e. The number of aromatic nitrogens is 4. The van der Waals surface area contributed by atoms with Crippen molar-refractivity contribution in [3.05, 3.63) is 66.5 Å². The first kappa shape index (κ1) is 15.1. The zero-order valence-corrected chi connectivity index (χ0v) is 15.1. The van der Waals surface area contributed by atoms with Crippen LogP contribution in [-0.2, 0) is 0 Å². The molecule has 0 aliphatic rings. The van der Waals surface area contributed by atoms with Gasteiger partial charge in [-0.05, 0) is 45.0 Å². The highest BCUT2D eigenvalue weighted by molar-refractivity contribution is 6.09. The predicted molar refractivity (Wildman–Crippen MR) is 107 cm³/mol. The first-order chi connectivity index (χ1) is 12.6. The molecule has 0 unspecified atom stereocenters. The summed E-state index contributed by atoms with van der Waals surface area (Å²) >= 11 is 0. The van der Waals surface area contributed by atoms with Gasteiger partial charge in [0.2, 0.25) is 0 Å². The Morgan fingerprint density at radius 3 is 2.54 bits per heavy atom. The van der Waals surface area contributed by atoms with Crippen molar-refractivity contribution >= 4 is 27.5 Å². The van der Waals surface area contributed by atoms with Crippen LogP contribution in [0.2, 0.25) is 0 Å². The Morgan fingerprint density at radius 2 is 1.69 bits per heavy atom. The van der Waals surface area contributed by atoms with Gasteiger partial charge in [-0.3, -0.25) is 0 Å². The van der Waals surface area contributed by atoms with E-state index < -0.39 is 0 Å². The first-order valence-electron chi connectivity index (χ1n) is 8.98. The molecule has 3 aromatic heterocycles. The molecule has 0 saturated heterocycles. The maximum absolute atomic E-state index is 4.61. The molecule has 5 aromatic rings. The zero-order valence-electron chi connectivity index (χ0n) is 15.1. The van der Waals surface area contributed by atoms with Crippen LogP contribution in [0.5, 0.6) is 0 Å². The van der Waals surface area contributed by atoms with Crippen molar-refractivity contribution in [3.8, 4) is 11.3 Å². The van der Waals surface area contributed by atoms with Crippen LogP contribution in [0.4, 0.5) is 0 Å². The van der Waals surface area contributed by atoms with Crippen LogP contribution in [0.3, 0.4) is 0 Å². The third-order valence-electron chi connectivity index (χ3n) is 5.00. The van der Waals surface area contributed by atoms with Gasteiger partial charge < -0.3 is 4.57 Å². The lowest BCUT2D eigenvalue weighted by molar-refractivity contribution is 0.642. The van der Waals surface area contributed by atoms with E-state index in [1.807, 2.05) is 29.8 Å². The van der Waals surface area contributed by atoms with E-state index in [9.17, 15) is 0 Å². The predicted octanol–water partition coefficient (Wildman–Crippen LogP) is 5.39. The highest BCUT2D eigenvalue weighted by Gasteiger charge is 2.14. The van der Waals surface area contributed by atoms with Crippen LogP contribution >= 0.6 is 0 Å². The van der Waals surface area contributed by atoms with E-state index >= 15 is 0 Å². The summed E-state index contributed by atoms with van der Waals surface area (Å²) in [5.74, 6) is 0. The van der Waals surface area contributed by atoms with Gasteiger partial charge >= 0.3 is 0 Å². The van der Waals surface area contributed by atoms with Crippen LogP contribution in [0, 0.1) is 6.92 Å². The molecule has 0 aliphatic carbocycles. The molecule has 0 fully saturated rings. The average molecular weight is 340 g/mol. The van der Waals surface area contributed by atoms with E-state index in [1.165, 1.54) is 21.8 Å². The summed E-state index contributed by atoms with van der Waals surface area (Å²) in [6.07, 6.45) is 1.85. The van der Waals surface area contributed by atoms with E-state index in [2.05, 4.69) is 71.0 Å². The topological polar surface area (TPSA) is 35.1 Å². The smallest absolute Gasteiger partial charge is 0.155 e. The fourth-order valence-corrected chi connectivity index (χ4v) is 3.95. The third kappa shape index (κ3) is 2.08. The molecule has 128 valence electrons. The van der Waals surface area contributed by atoms with E-state index in [0.717, 1.165) is 22.6 Å². The number of benzene rings is 2. The lowest BCUT2D eigenvalue weighted by atomic mass is 10.1. The van der Waals surface area contributed by atoms with Crippen molar-refractivity contribution < 1.29 is 0 Å². The van der Waals surface area contributed by atoms with Gasteiger partial charge in [0.15, 0.2) is 5.65 Å². The van der Waals surface area contributed by atoms with Gasteiger partial charge in [0.05, 0.1) is 11.4 Å². The number of aryl methyl sites for hydroxylation is 1. The molecule has 0 atom stereocenters. The second-order valence-corrected chi connectivity index (χ2v) is 7.10. The minimum absolute atomic E-state index is 0.407. The number of hydrogen-bond donors (Lipinski definition) is 0. The van der Waals surface area contributed by atoms with Crippen LogP contribution in [0.25, 0.3) is 38.7 Å². The molecule has 4 nitrogen and oxygen atoms in total. The second-order valence-electron chi connectivity index (χ2n) is 7.10. The molecule has 0 bridgehead atoms. The molecule has 0 amide bonds. The van der Waals surface area contributed by atoms with E-state index in [0.29, 0.717) is 6.04 Å². The van der Waals surface area contributed by atoms with Crippen molar-refractivity contribution in [3.63, 3.8) is 0 Å². The maximum atomic E-state index is 4.61. The fraction of sp³-hybridized carbons (Fsp3) is 0.182. The zero-order chi connectivity index (χ0) is 17.8. The van der Waals surface area contributed by atoms with Crippen molar-refractivity contribution in [1.82, 2.24) is 19.2 Å². The molecule has 3 heterocycles. The molecule has 0 radical (unpaired) electrons. The highest BCUT2D eigenvalue weighted by Crippen LogP contribution is 2.34. The molecular formula is C22H20N4. The van der Waals surface area contributed by atoms with Gasteiger partial charge in [-0.15, -0.1) is 0 Å². The molecule has 0 saturated carbocycles. The molecule has 0 aliphatic heterocycles. The Hall–Kier alpha value is -3.14. The summed E-state index contributed by atoms with van der Waals surface area (Å²) in [4.78, 5) is 4.42. The average Bonchev–Trinajstić information content (AvgIpc) is 3.17. The number of fused-ring (bicyclic) bond motifs is 4. The molecule has 0 N–H and O–H groups in total. The Kier molecular flexibility index (Phi) is 3.16. The Bertz CT molecular complexity index is 1270. The standard InChI is InChI=1S/C22H20N4/c1-14(2)25-20-7-5-4-6-17(20)18-13-16(8-9-21(18)25)19-10-11-23-22-12-15(3)24-26(19)22/h4-14H,1-3H3. The van der Waals surface area contributed by atoms with Crippen molar-refractivity contribution in [2.24, 2.45) is 0 Å². The maximum Gasteiger partial charge on any atom is 0.155 e. The quantitative estimate of drug-likeness (QED) is 0.432. The van der Waals surface area contributed by atoms with Crippen molar-refractivity contribution in [1.29, 1.82) is 0 Å². The van der Waals surface area contributed by atoms with Gasteiger partial charge in [-0.2, -0.15) is 5.10 Å². The normalized spacial score (nSPS) is 12.0. The molecule has 5 rings (SSSR count). The van der Waals surface area contributed by atoms with Crippen LogP contribution < -0.4 is 0 Å². The summed E-state index contributed by atoms with van der Waals surface area (Å²) in [6.45, 7) is 6.47.